The number of aromatic nitrogens is 1. The van der Waals surface area contributed by atoms with Crippen LogP contribution in [0.25, 0.3) is 10.9 Å². The molecule has 0 unspecified atom stereocenters. The monoisotopic (exact) mass is 350 g/mol. The third-order valence-electron chi connectivity index (χ3n) is 4.66. The molecule has 0 aliphatic carbocycles. The summed E-state index contributed by atoms with van der Waals surface area (Å²) in [6.45, 7) is 1.61. The quantitative estimate of drug-likeness (QED) is 0.608. The molecule has 1 aromatic heterocycles. The first-order valence-corrected chi connectivity index (χ1v) is 8.68. The number of H-pyrrole nitrogens is 1. The smallest absolute Gasteiger partial charge is 0.308 e. The summed E-state index contributed by atoms with van der Waals surface area (Å²) < 4.78 is 0. The van der Waals surface area contributed by atoms with Gasteiger partial charge >= 0.3 is 5.97 Å². The van der Waals surface area contributed by atoms with Crippen molar-refractivity contribution in [2.75, 3.05) is 0 Å². The molecule has 0 spiro atoms. The van der Waals surface area contributed by atoms with Crippen molar-refractivity contribution in [1.29, 1.82) is 0 Å². The summed E-state index contributed by atoms with van der Waals surface area (Å²) in [5.41, 5.74) is 2.92. The number of fused-ring (bicyclic) bond motifs is 1. The second kappa shape index (κ2) is 7.87. The Hall–Kier alpha value is -3.08. The van der Waals surface area contributed by atoms with E-state index in [0.717, 1.165) is 22.0 Å². The minimum absolute atomic E-state index is 0.155. The molecule has 0 radical (unpaired) electrons. The number of aromatic amines is 1. The highest BCUT2D eigenvalue weighted by Crippen LogP contribution is 2.23. The number of hydrogen-bond donors (Lipinski definition) is 3. The third-order valence-corrected chi connectivity index (χ3v) is 4.66. The Morgan fingerprint density at radius 2 is 1.77 bits per heavy atom. The van der Waals surface area contributed by atoms with Gasteiger partial charge in [-0.05, 0) is 30.5 Å². The lowest BCUT2D eigenvalue weighted by Crippen LogP contribution is -2.35. The molecule has 2 atom stereocenters. The fourth-order valence-corrected chi connectivity index (χ4v) is 3.13. The van der Waals surface area contributed by atoms with Crippen LogP contribution >= 0.6 is 0 Å². The lowest BCUT2D eigenvalue weighted by atomic mass is 9.94. The highest BCUT2D eigenvalue weighted by molar-refractivity contribution is 5.84. The highest BCUT2D eigenvalue weighted by Gasteiger charge is 2.26. The molecule has 3 rings (SSSR count). The minimum Gasteiger partial charge on any atom is -0.481 e. The van der Waals surface area contributed by atoms with Gasteiger partial charge in [0.15, 0.2) is 0 Å². The molecule has 3 N–H and O–H groups in total. The fraction of sp³-hybridized carbons (Fsp3) is 0.238. The van der Waals surface area contributed by atoms with E-state index in [1.807, 2.05) is 60.8 Å². The molecular weight excluding hydrogens is 328 g/mol. The second-order valence-corrected chi connectivity index (χ2v) is 6.44. The number of carboxylic acid groups (broad SMARTS) is 1. The lowest BCUT2D eigenvalue weighted by molar-refractivity contribution is -0.142. The van der Waals surface area contributed by atoms with E-state index < -0.39 is 17.9 Å². The average Bonchev–Trinajstić information content (AvgIpc) is 3.07. The van der Waals surface area contributed by atoms with E-state index in [1.165, 1.54) is 0 Å². The number of aliphatic carboxylic acids is 1. The third kappa shape index (κ3) is 3.94. The molecule has 0 fully saturated rings. The van der Waals surface area contributed by atoms with Crippen LogP contribution in [-0.4, -0.2) is 22.0 Å². The molecule has 2 aromatic carbocycles. The lowest BCUT2D eigenvalue weighted by Gasteiger charge is -2.23. The number of carbonyl (C=O) groups is 2. The molecule has 134 valence electrons. The summed E-state index contributed by atoms with van der Waals surface area (Å²) in [6, 6.07) is 16.6. The first kappa shape index (κ1) is 17.7. The predicted molar refractivity (Wildman–Crippen MR) is 101 cm³/mol. The minimum atomic E-state index is -0.934. The molecule has 0 saturated heterocycles. The van der Waals surface area contributed by atoms with Crippen LogP contribution in [-0.2, 0) is 16.0 Å². The molecule has 5 nitrogen and oxygen atoms in total. The average molecular weight is 350 g/mol. The van der Waals surface area contributed by atoms with Crippen molar-refractivity contribution in [3.05, 3.63) is 71.9 Å². The van der Waals surface area contributed by atoms with Gasteiger partial charge in [0, 0.05) is 23.5 Å². The summed E-state index contributed by atoms with van der Waals surface area (Å²) in [6.07, 6.45) is 2.82. The number of benzene rings is 2. The van der Waals surface area contributed by atoms with Gasteiger partial charge in [-0.25, -0.2) is 0 Å². The second-order valence-electron chi connectivity index (χ2n) is 6.44. The topological polar surface area (TPSA) is 82.2 Å². The molecule has 1 amide bonds. The van der Waals surface area contributed by atoms with E-state index >= 15 is 0 Å². The Labute approximate surface area is 152 Å². The van der Waals surface area contributed by atoms with E-state index in [-0.39, 0.29) is 5.91 Å². The van der Waals surface area contributed by atoms with Gasteiger partial charge in [-0.1, -0.05) is 48.5 Å². The molecule has 0 bridgehead atoms. The zero-order valence-electron chi connectivity index (χ0n) is 14.6. The Morgan fingerprint density at radius 1 is 1.08 bits per heavy atom. The molecule has 0 saturated carbocycles. The molecular formula is C21H22N2O3. The fourth-order valence-electron chi connectivity index (χ4n) is 3.13. The molecule has 3 aromatic rings. The number of aryl methyl sites for hydroxylation is 1. The largest absolute Gasteiger partial charge is 0.481 e. The van der Waals surface area contributed by atoms with Gasteiger partial charge in [-0.3, -0.25) is 9.59 Å². The predicted octanol–water partition coefficient (Wildman–Crippen LogP) is 3.68. The summed E-state index contributed by atoms with van der Waals surface area (Å²) in [4.78, 5) is 27.1. The number of hydrogen-bond acceptors (Lipinski definition) is 2. The number of nitrogens with one attached hydrogen (secondary N) is 2. The number of rotatable bonds is 7. The van der Waals surface area contributed by atoms with Gasteiger partial charge in [-0.2, -0.15) is 0 Å². The first-order valence-electron chi connectivity index (χ1n) is 8.68. The van der Waals surface area contributed by atoms with Crippen molar-refractivity contribution in [2.45, 2.75) is 25.8 Å². The molecule has 26 heavy (non-hydrogen) atoms. The van der Waals surface area contributed by atoms with Gasteiger partial charge in [0.25, 0.3) is 0 Å². The van der Waals surface area contributed by atoms with E-state index in [2.05, 4.69) is 10.3 Å². The Bertz CT molecular complexity index is 902. The van der Waals surface area contributed by atoms with Crippen molar-refractivity contribution in [2.24, 2.45) is 5.92 Å². The van der Waals surface area contributed by atoms with Gasteiger partial charge in [0.05, 0.1) is 12.0 Å². The maximum absolute atomic E-state index is 12.5. The zero-order chi connectivity index (χ0) is 18.5. The van der Waals surface area contributed by atoms with Crippen LogP contribution in [0.2, 0.25) is 0 Å². The Morgan fingerprint density at radius 3 is 2.50 bits per heavy atom. The van der Waals surface area contributed by atoms with Crippen LogP contribution in [0.15, 0.2) is 60.8 Å². The van der Waals surface area contributed by atoms with Crippen LogP contribution in [0.4, 0.5) is 0 Å². The first-order chi connectivity index (χ1) is 12.6. The molecule has 0 aliphatic heterocycles. The number of amides is 1. The zero-order valence-corrected chi connectivity index (χ0v) is 14.6. The van der Waals surface area contributed by atoms with Crippen molar-refractivity contribution in [3.8, 4) is 0 Å². The van der Waals surface area contributed by atoms with Gasteiger partial charge in [-0.15, -0.1) is 0 Å². The highest BCUT2D eigenvalue weighted by atomic mass is 16.4. The van der Waals surface area contributed by atoms with Crippen LogP contribution in [0, 0.1) is 5.92 Å². The summed E-state index contributed by atoms with van der Waals surface area (Å²) >= 11 is 0. The van der Waals surface area contributed by atoms with Crippen LogP contribution in [0.3, 0.4) is 0 Å². The summed E-state index contributed by atoms with van der Waals surface area (Å²) in [5, 5.41) is 13.4. The molecule has 5 heteroatoms. The molecule has 1 heterocycles. The number of carbonyl (C=O) groups excluding carboxylic acids is 1. The van der Waals surface area contributed by atoms with Crippen molar-refractivity contribution in [3.63, 3.8) is 0 Å². The van der Waals surface area contributed by atoms with Crippen molar-refractivity contribution >= 4 is 22.8 Å². The van der Waals surface area contributed by atoms with E-state index in [1.54, 1.807) is 6.92 Å². The normalized spacial score (nSPS) is 13.3. The van der Waals surface area contributed by atoms with E-state index in [4.69, 9.17) is 0 Å². The van der Waals surface area contributed by atoms with Crippen LogP contribution < -0.4 is 5.32 Å². The Balaban J connectivity index is 1.69. The van der Waals surface area contributed by atoms with E-state index in [0.29, 0.717) is 12.8 Å². The number of carboxylic acids is 1. The summed E-state index contributed by atoms with van der Waals surface area (Å²) in [5.74, 6) is -1.80. The van der Waals surface area contributed by atoms with Gasteiger partial charge in [0.1, 0.15) is 0 Å². The maximum Gasteiger partial charge on any atom is 0.308 e. The van der Waals surface area contributed by atoms with Crippen LogP contribution in [0.1, 0.15) is 30.5 Å². The van der Waals surface area contributed by atoms with Gasteiger partial charge in [0.2, 0.25) is 5.91 Å². The Kier molecular flexibility index (Phi) is 5.37. The van der Waals surface area contributed by atoms with Crippen LogP contribution in [0.5, 0.6) is 0 Å². The SMILES string of the molecule is C[C@@H](C(=O)O)[C@@H](NC(=O)CCc1c[nH]c2ccccc12)c1ccccc1. The van der Waals surface area contributed by atoms with Crippen molar-refractivity contribution in [1.82, 2.24) is 10.3 Å². The standard InChI is InChI=1S/C21H22N2O3/c1-14(21(25)26)20(15-7-3-2-4-8-15)23-19(24)12-11-16-13-22-18-10-6-5-9-17(16)18/h2-10,13-14,20,22H,11-12H2,1H3,(H,23,24)(H,25,26)/t14-,20-/m1/s1. The maximum atomic E-state index is 12.5. The summed E-state index contributed by atoms with van der Waals surface area (Å²) in [7, 11) is 0. The van der Waals surface area contributed by atoms with E-state index in [9.17, 15) is 14.7 Å². The molecule has 0 aliphatic rings. The van der Waals surface area contributed by atoms with Crippen molar-refractivity contribution < 1.29 is 14.7 Å². The van der Waals surface area contributed by atoms with Gasteiger partial charge < -0.3 is 15.4 Å². The number of para-hydroxylation sites is 1.